The Hall–Kier alpha value is -4.31. The number of unbranched alkanes of at least 4 members (excludes halogenated alkanes) is 3. The first-order valence-corrected chi connectivity index (χ1v) is 25.4. The number of aromatic nitrogens is 1. The van der Waals surface area contributed by atoms with Crippen molar-refractivity contribution >= 4 is 81.4 Å². The van der Waals surface area contributed by atoms with E-state index < -0.39 is 59.2 Å². The number of aryl methyl sites for hydroxylation is 1. The number of anilines is 1. The third-order valence-corrected chi connectivity index (χ3v) is 15.6. The summed E-state index contributed by atoms with van der Waals surface area (Å²) < 4.78 is 101. The fourth-order valence-electron chi connectivity index (χ4n) is 7.82. The number of thiazole rings is 1. The van der Waals surface area contributed by atoms with Crippen LogP contribution in [0, 0.1) is 0 Å². The van der Waals surface area contributed by atoms with Gasteiger partial charge in [-0.2, -0.15) is 8.87 Å². The van der Waals surface area contributed by atoms with Crippen molar-refractivity contribution < 1.29 is 58.1 Å². The zero-order chi connectivity index (χ0) is 44.2. The number of rotatable bonds is 18. The molecule has 61 heavy (non-hydrogen) atoms. The molecule has 0 aliphatic carbocycles. The number of imide groups is 1. The van der Waals surface area contributed by atoms with Gasteiger partial charge < -0.3 is 18.8 Å². The molecule has 6 rings (SSSR count). The summed E-state index contributed by atoms with van der Waals surface area (Å²) in [6.07, 6.45) is 14.0. The van der Waals surface area contributed by atoms with Crippen LogP contribution in [-0.4, -0.2) is 86.9 Å². The number of hydrogen-bond acceptors (Lipinski definition) is 14. The van der Waals surface area contributed by atoms with Gasteiger partial charge in [-0.1, -0.05) is 56.3 Å². The van der Waals surface area contributed by atoms with E-state index >= 15 is 0 Å². The summed E-state index contributed by atoms with van der Waals surface area (Å²) in [7, 11) is -12.8. The van der Waals surface area contributed by atoms with Crippen molar-refractivity contribution in [1.29, 1.82) is 0 Å². The van der Waals surface area contributed by atoms with Gasteiger partial charge in [0.25, 0.3) is 16.8 Å². The molecule has 3 aliphatic heterocycles. The predicted molar refractivity (Wildman–Crippen MR) is 225 cm³/mol. The first kappa shape index (κ1) is 46.2. The van der Waals surface area contributed by atoms with E-state index in [1.165, 1.54) is 27.8 Å². The van der Waals surface area contributed by atoms with Gasteiger partial charge in [0.2, 0.25) is 15.5 Å². The van der Waals surface area contributed by atoms with Crippen LogP contribution in [0.2, 0.25) is 0 Å². The Kier molecular flexibility index (Phi) is 14.4. The van der Waals surface area contributed by atoms with Crippen molar-refractivity contribution in [1.82, 2.24) is 9.37 Å². The number of benzene rings is 2. The van der Waals surface area contributed by atoms with Gasteiger partial charge in [0, 0.05) is 80.0 Å². The van der Waals surface area contributed by atoms with Crippen molar-refractivity contribution in [3.05, 3.63) is 77.0 Å². The second-order valence-electron chi connectivity index (χ2n) is 15.7. The molecule has 3 aromatic rings. The van der Waals surface area contributed by atoms with Crippen LogP contribution in [0.1, 0.15) is 95.0 Å². The van der Waals surface area contributed by atoms with Gasteiger partial charge in [-0.25, -0.2) is 30.0 Å². The summed E-state index contributed by atoms with van der Waals surface area (Å²) in [4.78, 5) is 42.8. The van der Waals surface area contributed by atoms with Crippen LogP contribution >= 0.6 is 11.3 Å². The molecule has 330 valence electrons. The zero-order valence-electron chi connectivity index (χ0n) is 34.0. The minimum Gasteiger partial charge on any atom is -0.748 e. The lowest BCUT2D eigenvalue weighted by atomic mass is 9.83. The van der Waals surface area contributed by atoms with Crippen molar-refractivity contribution in [3.63, 3.8) is 0 Å². The Bertz CT molecular complexity index is 2590. The smallest absolute Gasteiger partial charge is 0.333 e. The Morgan fingerprint density at radius 2 is 1.56 bits per heavy atom. The van der Waals surface area contributed by atoms with E-state index in [0.29, 0.717) is 62.5 Å². The average Bonchev–Trinajstić information content (AvgIpc) is 3.79. The summed E-state index contributed by atoms with van der Waals surface area (Å²) in [6.45, 7) is 5.68. The maximum atomic E-state index is 13.5. The number of fused-ring (bicyclic) bond motifs is 2. The Morgan fingerprint density at radius 3 is 2.25 bits per heavy atom. The summed E-state index contributed by atoms with van der Waals surface area (Å²) in [5.74, 6) is -2.25. The van der Waals surface area contributed by atoms with Crippen LogP contribution in [0.4, 0.5) is 5.69 Å². The molecule has 0 saturated carbocycles. The highest BCUT2D eigenvalue weighted by Crippen LogP contribution is 2.48. The Balaban J connectivity index is 1.21. The maximum absolute atomic E-state index is 13.5. The molecule has 2 amide bonds. The quantitative estimate of drug-likeness (QED) is 0.0539. The second-order valence-corrected chi connectivity index (χ2v) is 21.6. The summed E-state index contributed by atoms with van der Waals surface area (Å²) in [5, 5.41) is 1.30. The molecular weight excluding hydrogens is 869 g/mol. The molecular formula is C41H49N4O12S4-. The van der Waals surface area contributed by atoms with Crippen molar-refractivity contribution in [3.8, 4) is 0 Å². The first-order chi connectivity index (χ1) is 28.8. The van der Waals surface area contributed by atoms with Crippen molar-refractivity contribution in [2.75, 3.05) is 30.3 Å². The van der Waals surface area contributed by atoms with E-state index in [1.54, 1.807) is 24.3 Å². The van der Waals surface area contributed by atoms with Crippen LogP contribution in [0.5, 0.6) is 0 Å². The molecule has 4 heterocycles. The summed E-state index contributed by atoms with van der Waals surface area (Å²) in [6, 6.07) is 9.33. The third-order valence-electron chi connectivity index (χ3n) is 11.0. The number of allylic oxidation sites excluding steroid dienone is 5. The standard InChI is InChI=1S/C41H50N4O12S4/c1-41(2)32-28-31(61(54,55)56)18-19-33(32)43(25-11-4-8-16-40(48)57-45-37(46)21-22-38(45)47)36(41)14-6-3-7-15-39-44(26-12-13-27-59(49,50)51)34-20-17-30(29-35(34)58-39)60(52,53)42-23-9-5-10-24-42/h3,6-7,14-15,17-20,28-29H,4-5,8-13,16,21-27H2,1-2H3,(H-,49,50,51,54,55,56)/p-1. The second kappa shape index (κ2) is 19.0. The number of piperidine rings is 1. The molecule has 2 fully saturated rings. The van der Waals surface area contributed by atoms with E-state index in [-0.39, 0.29) is 35.5 Å². The molecule has 0 spiro atoms. The molecule has 0 unspecified atom stereocenters. The van der Waals surface area contributed by atoms with Gasteiger partial charge in [-0.3, -0.25) is 9.59 Å². The lowest BCUT2D eigenvalue weighted by Crippen LogP contribution is -2.36. The van der Waals surface area contributed by atoms with Crippen LogP contribution in [-0.2, 0) is 61.4 Å². The molecule has 0 bridgehead atoms. The van der Waals surface area contributed by atoms with E-state index in [9.17, 15) is 48.7 Å². The minimum atomic E-state index is -4.73. The predicted octanol–water partition coefficient (Wildman–Crippen LogP) is 5.01. The minimum absolute atomic E-state index is 0.00233. The van der Waals surface area contributed by atoms with Gasteiger partial charge in [-0.15, -0.1) is 5.06 Å². The normalized spacial score (nSPS) is 18.4. The number of sulfonamides is 1. The highest BCUT2D eigenvalue weighted by Gasteiger charge is 2.40. The fraction of sp³-hybridized carbons (Fsp3) is 0.463. The van der Waals surface area contributed by atoms with Crippen LogP contribution < -0.4 is 9.47 Å². The fourth-order valence-corrected chi connectivity index (χ4v) is 11.6. The highest BCUT2D eigenvalue weighted by atomic mass is 32.2. The third kappa shape index (κ3) is 11.0. The molecule has 2 saturated heterocycles. The Morgan fingerprint density at radius 1 is 0.852 bits per heavy atom. The zero-order valence-corrected chi connectivity index (χ0v) is 37.3. The van der Waals surface area contributed by atoms with Gasteiger partial charge in [0.15, 0.2) is 6.54 Å². The summed E-state index contributed by atoms with van der Waals surface area (Å²) in [5.41, 5.74) is 2.26. The van der Waals surface area contributed by atoms with Gasteiger partial charge in [-0.05, 0) is 74.1 Å². The topological polar surface area (TPSA) is 223 Å². The number of carbonyl (C=O) groups is 3. The molecule has 1 aromatic heterocycles. The first-order valence-electron chi connectivity index (χ1n) is 20.2. The van der Waals surface area contributed by atoms with Crippen molar-refractivity contribution in [2.45, 2.75) is 106 Å². The van der Waals surface area contributed by atoms with E-state index in [4.69, 9.17) is 4.84 Å². The monoisotopic (exact) mass is 917 g/mol. The van der Waals surface area contributed by atoms with Gasteiger partial charge in [0.05, 0.1) is 19.9 Å². The Labute approximate surface area is 360 Å². The average molecular weight is 918 g/mol. The number of nitrogens with zero attached hydrogens (tertiary/aromatic N) is 4. The van der Waals surface area contributed by atoms with Crippen LogP contribution in [0.25, 0.3) is 16.3 Å². The van der Waals surface area contributed by atoms with Crippen LogP contribution in [0.15, 0.2) is 76.2 Å². The SMILES string of the molecule is CC1(C)\C(=C/C=C/C=C/c2sc3cc(S(=O)(=O)N4CCCCC4)ccc3[n+]2CCCCS(=O)(=O)[O-])N(CCCCCC(=O)ON2C(=O)CCC2=O)c2ccc(S(=O)(=O)[O-])cc21. The number of carbonyl (C=O) groups excluding carboxylic acids is 3. The van der Waals surface area contributed by atoms with Crippen molar-refractivity contribution in [2.24, 2.45) is 0 Å². The molecule has 0 radical (unpaired) electrons. The van der Waals surface area contributed by atoms with Gasteiger partial charge >= 0.3 is 5.97 Å². The van der Waals surface area contributed by atoms with E-state index in [1.807, 2.05) is 53.7 Å². The molecule has 16 nitrogen and oxygen atoms in total. The molecule has 0 N–H and O–H groups in total. The number of hydroxylamine groups is 2. The molecule has 0 atom stereocenters. The lowest BCUT2D eigenvalue weighted by Gasteiger charge is -2.27. The van der Waals surface area contributed by atoms with E-state index in [0.717, 1.165) is 45.9 Å². The largest absolute Gasteiger partial charge is 0.748 e. The highest BCUT2D eigenvalue weighted by molar-refractivity contribution is 7.89. The molecule has 2 aromatic carbocycles. The van der Waals surface area contributed by atoms with E-state index in [2.05, 4.69) is 0 Å². The number of hydrogen-bond donors (Lipinski definition) is 0. The lowest BCUT2D eigenvalue weighted by molar-refractivity contribution is -0.669. The van der Waals surface area contributed by atoms with Crippen LogP contribution in [0.3, 0.4) is 0 Å². The maximum Gasteiger partial charge on any atom is 0.333 e. The molecule has 20 heteroatoms. The summed E-state index contributed by atoms with van der Waals surface area (Å²) >= 11 is 1.39. The number of amides is 2. The van der Waals surface area contributed by atoms with Gasteiger partial charge in [0.1, 0.15) is 14.8 Å². The molecule has 3 aliphatic rings.